The van der Waals surface area contributed by atoms with E-state index in [2.05, 4.69) is 15.2 Å². The van der Waals surface area contributed by atoms with E-state index in [1.54, 1.807) is 43.3 Å². The second-order valence-corrected chi connectivity index (χ2v) is 7.25. The molecule has 0 aliphatic heterocycles. The summed E-state index contributed by atoms with van der Waals surface area (Å²) in [4.78, 5) is 12.0. The molecule has 9 heteroatoms. The maximum Gasteiger partial charge on any atom is 0.277 e. The summed E-state index contributed by atoms with van der Waals surface area (Å²) in [5.74, 6) is -0.173. The van der Waals surface area contributed by atoms with Gasteiger partial charge in [0.2, 0.25) is 10.0 Å². The lowest BCUT2D eigenvalue weighted by Gasteiger charge is -2.07. The lowest BCUT2D eigenvalue weighted by atomic mass is 10.1. The molecule has 2 aromatic carbocycles. The number of hydrogen-bond acceptors (Lipinski definition) is 6. The monoisotopic (exact) mass is 386 g/mol. The van der Waals surface area contributed by atoms with Crippen LogP contribution in [0.4, 0.5) is 0 Å². The smallest absolute Gasteiger partial charge is 0.277 e. The zero-order valence-corrected chi connectivity index (χ0v) is 15.6. The number of benzene rings is 2. The van der Waals surface area contributed by atoms with Crippen LogP contribution in [0.1, 0.15) is 18.1 Å². The molecular weight excluding hydrogens is 368 g/mol. The average Bonchev–Trinajstić information content (AvgIpc) is 2.70. The Morgan fingerprint density at radius 2 is 1.85 bits per heavy atom. The number of nitrogens with zero attached hydrogens (tertiary/aromatic N) is 2. The predicted octanol–water partition coefficient (Wildman–Crippen LogP) is 1.39. The van der Waals surface area contributed by atoms with Gasteiger partial charge in [-0.05, 0) is 43.8 Å². The van der Waals surface area contributed by atoms with E-state index < -0.39 is 15.9 Å². The highest BCUT2D eigenvalue weighted by molar-refractivity contribution is 7.89. The summed E-state index contributed by atoms with van der Waals surface area (Å²) in [5.41, 5.74) is 3.84. The van der Waals surface area contributed by atoms with Crippen LogP contribution in [0.5, 0.6) is 5.75 Å². The van der Waals surface area contributed by atoms with Crippen molar-refractivity contribution in [2.24, 2.45) is 5.10 Å². The molecule has 2 rings (SSSR count). The van der Waals surface area contributed by atoms with Crippen molar-refractivity contribution in [1.29, 1.82) is 5.26 Å². The van der Waals surface area contributed by atoms with Crippen molar-refractivity contribution < 1.29 is 17.9 Å². The van der Waals surface area contributed by atoms with Crippen molar-refractivity contribution in [3.8, 4) is 11.8 Å². The van der Waals surface area contributed by atoms with Gasteiger partial charge >= 0.3 is 0 Å². The minimum Gasteiger partial charge on any atom is -0.482 e. The molecule has 0 atom stereocenters. The van der Waals surface area contributed by atoms with Crippen LogP contribution in [-0.2, 0) is 14.8 Å². The molecule has 0 spiro atoms. The highest BCUT2D eigenvalue weighted by Crippen LogP contribution is 2.16. The Balaban J connectivity index is 1.96. The van der Waals surface area contributed by atoms with Crippen molar-refractivity contribution >= 4 is 21.6 Å². The summed E-state index contributed by atoms with van der Waals surface area (Å²) in [7, 11) is -2.17. The van der Waals surface area contributed by atoms with Crippen LogP contribution in [0.3, 0.4) is 0 Å². The highest BCUT2D eigenvalue weighted by atomic mass is 32.2. The van der Waals surface area contributed by atoms with Gasteiger partial charge < -0.3 is 4.74 Å². The first-order chi connectivity index (χ1) is 12.9. The Labute approximate surface area is 157 Å². The summed E-state index contributed by atoms with van der Waals surface area (Å²) in [6.07, 6.45) is 0. The Hall–Kier alpha value is -3.22. The largest absolute Gasteiger partial charge is 0.482 e. The maximum atomic E-state index is 11.9. The SMILES string of the molecule is CNS(=O)(=O)c1ccc(/C(C)=N\NC(=O)COc2ccccc2C#N)cc1. The number of rotatable bonds is 7. The van der Waals surface area contributed by atoms with Crippen molar-refractivity contribution in [1.82, 2.24) is 10.1 Å². The molecule has 0 aliphatic carbocycles. The molecule has 8 nitrogen and oxygen atoms in total. The van der Waals surface area contributed by atoms with Gasteiger partial charge in [-0.15, -0.1) is 0 Å². The van der Waals surface area contributed by atoms with Crippen molar-refractivity contribution in [3.63, 3.8) is 0 Å². The van der Waals surface area contributed by atoms with Gasteiger partial charge in [-0.25, -0.2) is 18.6 Å². The third kappa shape index (κ3) is 5.37. The lowest BCUT2D eigenvalue weighted by Crippen LogP contribution is -2.25. The number of nitriles is 1. The van der Waals surface area contributed by atoms with E-state index in [9.17, 15) is 13.2 Å². The zero-order valence-electron chi connectivity index (χ0n) is 14.8. The summed E-state index contributed by atoms with van der Waals surface area (Å²) in [6, 6.07) is 14.7. The van der Waals surface area contributed by atoms with Gasteiger partial charge in [0.1, 0.15) is 11.8 Å². The molecule has 0 aliphatic rings. The van der Waals surface area contributed by atoms with Gasteiger partial charge in [-0.1, -0.05) is 24.3 Å². The van der Waals surface area contributed by atoms with E-state index in [4.69, 9.17) is 10.00 Å². The Kier molecular flexibility index (Phi) is 6.65. The molecule has 0 aromatic heterocycles. The average molecular weight is 386 g/mol. The van der Waals surface area contributed by atoms with Crippen LogP contribution in [0.15, 0.2) is 58.5 Å². The highest BCUT2D eigenvalue weighted by Gasteiger charge is 2.11. The topological polar surface area (TPSA) is 121 Å². The number of nitrogens with one attached hydrogen (secondary N) is 2. The molecule has 27 heavy (non-hydrogen) atoms. The van der Waals surface area contributed by atoms with E-state index in [1.807, 2.05) is 6.07 Å². The van der Waals surface area contributed by atoms with Crippen LogP contribution in [0.2, 0.25) is 0 Å². The third-order valence-corrected chi connectivity index (χ3v) is 5.00. The fourth-order valence-corrected chi connectivity index (χ4v) is 2.79. The fourth-order valence-electron chi connectivity index (χ4n) is 2.06. The number of para-hydroxylation sites is 1. The molecule has 0 heterocycles. The fraction of sp³-hybridized carbons (Fsp3) is 0.167. The molecule has 140 valence electrons. The number of amides is 1. The van der Waals surface area contributed by atoms with E-state index in [1.165, 1.54) is 19.2 Å². The Bertz CT molecular complexity index is 993. The van der Waals surface area contributed by atoms with E-state index in [0.717, 1.165) is 0 Å². The number of ether oxygens (including phenoxy) is 1. The first-order valence-electron chi connectivity index (χ1n) is 7.86. The minimum absolute atomic E-state index is 0.134. The van der Waals surface area contributed by atoms with E-state index >= 15 is 0 Å². The number of hydrazone groups is 1. The van der Waals surface area contributed by atoms with Gasteiger partial charge in [0.25, 0.3) is 5.91 Å². The molecule has 2 N–H and O–H groups in total. The summed E-state index contributed by atoms with van der Waals surface area (Å²) in [5, 5.41) is 12.9. The van der Waals surface area contributed by atoms with Gasteiger partial charge in [0, 0.05) is 0 Å². The first-order valence-corrected chi connectivity index (χ1v) is 9.34. The molecule has 0 saturated heterocycles. The molecule has 1 amide bonds. The number of carbonyl (C=O) groups is 1. The van der Waals surface area contributed by atoms with Gasteiger partial charge in [-0.2, -0.15) is 10.4 Å². The molecule has 0 radical (unpaired) electrons. The van der Waals surface area contributed by atoms with Crippen LogP contribution in [0.25, 0.3) is 0 Å². The molecule has 0 saturated carbocycles. The number of carbonyl (C=O) groups excluding carboxylic acids is 1. The first kappa shape index (κ1) is 20.1. The normalized spacial score (nSPS) is 11.5. The minimum atomic E-state index is -3.50. The van der Waals surface area contributed by atoms with Gasteiger partial charge in [-0.3, -0.25) is 4.79 Å². The summed E-state index contributed by atoms with van der Waals surface area (Å²) < 4.78 is 30.9. The summed E-state index contributed by atoms with van der Waals surface area (Å²) in [6.45, 7) is 1.38. The predicted molar refractivity (Wildman–Crippen MR) is 99.7 cm³/mol. The number of sulfonamides is 1. The van der Waals surface area contributed by atoms with Crippen LogP contribution < -0.4 is 14.9 Å². The van der Waals surface area contributed by atoms with E-state index in [0.29, 0.717) is 22.6 Å². The maximum absolute atomic E-state index is 11.9. The Morgan fingerprint density at radius 3 is 2.48 bits per heavy atom. The molecule has 2 aromatic rings. The van der Waals surface area contributed by atoms with Crippen molar-refractivity contribution in [3.05, 3.63) is 59.7 Å². The van der Waals surface area contributed by atoms with E-state index in [-0.39, 0.29) is 11.5 Å². The molecule has 0 unspecified atom stereocenters. The van der Waals surface area contributed by atoms with Crippen LogP contribution in [-0.4, -0.2) is 33.7 Å². The zero-order chi connectivity index (χ0) is 19.9. The molecule has 0 fully saturated rings. The Morgan fingerprint density at radius 1 is 1.19 bits per heavy atom. The lowest BCUT2D eigenvalue weighted by molar-refractivity contribution is -0.123. The quantitative estimate of drug-likeness (QED) is 0.550. The second-order valence-electron chi connectivity index (χ2n) is 5.36. The standard InChI is InChI=1S/C18H18N4O4S/c1-13(14-7-9-16(10-8-14)27(24,25)20-2)21-22-18(23)12-26-17-6-4-3-5-15(17)11-19/h3-10,20H,12H2,1-2H3,(H,22,23)/b21-13-. The van der Waals surface area contributed by atoms with Gasteiger partial charge in [0.05, 0.1) is 16.2 Å². The van der Waals surface area contributed by atoms with Crippen molar-refractivity contribution in [2.75, 3.05) is 13.7 Å². The molecule has 0 bridgehead atoms. The third-order valence-electron chi connectivity index (χ3n) is 3.57. The van der Waals surface area contributed by atoms with Crippen LogP contribution in [0, 0.1) is 11.3 Å². The second kappa shape index (κ2) is 8.93. The van der Waals surface area contributed by atoms with Crippen molar-refractivity contribution in [2.45, 2.75) is 11.8 Å². The van der Waals surface area contributed by atoms with Gasteiger partial charge in [0.15, 0.2) is 6.61 Å². The molecular formula is C18H18N4O4S. The van der Waals surface area contributed by atoms with Crippen LogP contribution >= 0.6 is 0 Å². The summed E-state index contributed by atoms with van der Waals surface area (Å²) >= 11 is 0. The number of hydrogen-bond donors (Lipinski definition) is 2.